The molecule has 1 saturated heterocycles. The second kappa shape index (κ2) is 11.5. The van der Waals surface area contributed by atoms with Gasteiger partial charge in [0.2, 0.25) is 0 Å². The first-order valence-electron chi connectivity index (χ1n) is 12.0. The number of carbonyl (C=O) groups is 1. The van der Waals surface area contributed by atoms with Gasteiger partial charge in [0.05, 0.1) is 24.9 Å². The summed E-state index contributed by atoms with van der Waals surface area (Å²) in [5.74, 6) is 0. The first-order chi connectivity index (χ1) is 16.1. The Labute approximate surface area is 204 Å². The van der Waals surface area contributed by atoms with Crippen molar-refractivity contribution in [2.45, 2.75) is 82.7 Å². The van der Waals surface area contributed by atoms with Crippen LogP contribution in [0.3, 0.4) is 0 Å². The van der Waals surface area contributed by atoms with Gasteiger partial charge in [-0.25, -0.2) is 4.79 Å². The van der Waals surface area contributed by atoms with Crippen molar-refractivity contribution in [1.82, 2.24) is 5.32 Å². The fraction of sp³-hybridized carbons (Fsp3) is 0.519. The summed E-state index contributed by atoms with van der Waals surface area (Å²) in [7, 11) is -2.15. The van der Waals surface area contributed by atoms with E-state index < -0.39 is 14.4 Å². The molecule has 186 valence electrons. The minimum absolute atomic E-state index is 0.00657. The van der Waals surface area contributed by atoms with E-state index in [4.69, 9.17) is 13.9 Å². The Kier molecular flexibility index (Phi) is 8.93. The molecule has 2 aromatic carbocycles. The van der Waals surface area contributed by atoms with Crippen LogP contribution in [0.1, 0.15) is 38.3 Å². The monoisotopic (exact) mass is 485 g/mol. The topological polar surface area (TPSA) is 80.3 Å². The molecule has 2 aromatic rings. The van der Waals surface area contributed by atoms with Crippen molar-refractivity contribution in [2.24, 2.45) is 0 Å². The summed E-state index contributed by atoms with van der Waals surface area (Å²) in [4.78, 5) is 12.9. The van der Waals surface area contributed by atoms with E-state index in [1.807, 2.05) is 48.5 Å². The normalized spacial score (nSPS) is 19.8. The third kappa shape index (κ3) is 7.66. The second-order valence-electron chi connectivity index (χ2n) is 10.6. The number of nitrogens with one attached hydrogen (secondary N) is 1. The molecule has 2 N–H and O–H groups in total. The fourth-order valence-corrected chi connectivity index (χ4v) is 5.06. The molecule has 7 heteroatoms. The van der Waals surface area contributed by atoms with Gasteiger partial charge in [-0.1, -0.05) is 81.4 Å². The number of aliphatic hydroxyl groups is 1. The lowest BCUT2D eigenvalue weighted by Crippen LogP contribution is -2.53. The number of benzene rings is 2. The van der Waals surface area contributed by atoms with E-state index in [0.29, 0.717) is 12.8 Å². The Morgan fingerprint density at radius 2 is 1.62 bits per heavy atom. The van der Waals surface area contributed by atoms with Crippen LogP contribution in [0.5, 0.6) is 0 Å². The molecule has 0 spiro atoms. The van der Waals surface area contributed by atoms with E-state index in [0.717, 1.165) is 11.1 Å². The molecule has 0 unspecified atom stereocenters. The largest absolute Gasteiger partial charge is 0.445 e. The van der Waals surface area contributed by atoms with E-state index in [2.05, 4.69) is 51.3 Å². The molecule has 34 heavy (non-hydrogen) atoms. The molecule has 1 aliphatic rings. The minimum atomic E-state index is -2.15. The Hall–Kier alpha value is -2.19. The molecule has 1 aliphatic heterocycles. The zero-order valence-corrected chi connectivity index (χ0v) is 22.0. The number of carbonyl (C=O) groups excluding carboxylic acids is 1. The van der Waals surface area contributed by atoms with E-state index in [1.165, 1.54) is 0 Å². The number of alkyl carbamates (subject to hydrolysis) is 1. The van der Waals surface area contributed by atoms with Crippen molar-refractivity contribution in [3.8, 4) is 0 Å². The highest BCUT2D eigenvalue weighted by molar-refractivity contribution is 6.74. The predicted octanol–water partition coefficient (Wildman–Crippen LogP) is 5.06. The number of aliphatic hydroxyl groups excluding tert-OH is 1. The van der Waals surface area contributed by atoms with Crippen LogP contribution in [-0.2, 0) is 26.9 Å². The maximum atomic E-state index is 12.9. The zero-order chi connectivity index (χ0) is 24.8. The first-order valence-corrected chi connectivity index (χ1v) is 14.9. The number of ether oxygens (including phenoxy) is 2. The Morgan fingerprint density at radius 3 is 2.15 bits per heavy atom. The van der Waals surface area contributed by atoms with Crippen LogP contribution in [0.4, 0.5) is 4.79 Å². The lowest BCUT2D eigenvalue weighted by atomic mass is 9.97. The van der Waals surface area contributed by atoms with Gasteiger partial charge < -0.3 is 24.3 Å². The van der Waals surface area contributed by atoms with Crippen molar-refractivity contribution in [2.75, 3.05) is 6.61 Å². The summed E-state index contributed by atoms with van der Waals surface area (Å²) in [5, 5.41) is 12.6. The summed E-state index contributed by atoms with van der Waals surface area (Å²) in [5.41, 5.74) is 2.04. The van der Waals surface area contributed by atoms with Crippen molar-refractivity contribution in [1.29, 1.82) is 0 Å². The van der Waals surface area contributed by atoms with Crippen LogP contribution >= 0.6 is 0 Å². The molecule has 0 aliphatic carbocycles. The Bertz CT molecular complexity index is 900. The second-order valence-corrected chi connectivity index (χ2v) is 15.3. The lowest BCUT2D eigenvalue weighted by Gasteiger charge is -2.41. The fourth-order valence-electron chi connectivity index (χ4n) is 3.69. The summed E-state index contributed by atoms with van der Waals surface area (Å²) >= 11 is 0. The Morgan fingerprint density at radius 1 is 1.03 bits per heavy atom. The number of rotatable bonds is 11. The van der Waals surface area contributed by atoms with Gasteiger partial charge >= 0.3 is 6.09 Å². The van der Waals surface area contributed by atoms with Crippen molar-refractivity contribution in [3.05, 3.63) is 71.8 Å². The molecule has 0 bridgehead atoms. The van der Waals surface area contributed by atoms with Crippen LogP contribution < -0.4 is 5.32 Å². The quantitative estimate of drug-likeness (QED) is 0.343. The number of hydrogen-bond acceptors (Lipinski definition) is 5. The summed E-state index contributed by atoms with van der Waals surface area (Å²) in [6, 6.07) is 19.4. The molecule has 0 radical (unpaired) electrons. The number of amides is 1. The number of hydrogen-bond donors (Lipinski definition) is 2. The van der Waals surface area contributed by atoms with Gasteiger partial charge in [-0.15, -0.1) is 0 Å². The molecule has 6 nitrogen and oxygen atoms in total. The van der Waals surface area contributed by atoms with Gasteiger partial charge in [0.25, 0.3) is 0 Å². The van der Waals surface area contributed by atoms with Gasteiger partial charge in [0.15, 0.2) is 8.32 Å². The molecule has 0 aromatic heterocycles. The summed E-state index contributed by atoms with van der Waals surface area (Å²) in [6.45, 7) is 11.2. The highest BCUT2D eigenvalue weighted by Gasteiger charge is 2.46. The molecule has 1 amide bonds. The molecular formula is C27H39NO5Si. The number of epoxide rings is 1. The molecule has 0 saturated carbocycles. The van der Waals surface area contributed by atoms with Gasteiger partial charge in [0.1, 0.15) is 12.7 Å². The summed E-state index contributed by atoms with van der Waals surface area (Å²) in [6.07, 6.45) is 0.245. The SMILES string of the molecule is CC(C)(C)[Si](C)(C)O[C@@H](C[C@H]1O[C@@H]1CO)[C@H](Cc1ccccc1)NC(=O)OCc1ccccc1. The third-order valence-corrected chi connectivity index (χ3v) is 11.4. The highest BCUT2D eigenvalue weighted by atomic mass is 28.4. The van der Waals surface area contributed by atoms with Gasteiger partial charge in [-0.2, -0.15) is 0 Å². The Balaban J connectivity index is 1.79. The molecular weight excluding hydrogens is 446 g/mol. The average Bonchev–Trinajstić information content (AvgIpc) is 3.55. The van der Waals surface area contributed by atoms with Crippen molar-refractivity contribution >= 4 is 14.4 Å². The van der Waals surface area contributed by atoms with Crippen LogP contribution in [0, 0.1) is 0 Å². The maximum Gasteiger partial charge on any atom is 0.407 e. The van der Waals surface area contributed by atoms with E-state index in [1.54, 1.807) is 0 Å². The third-order valence-electron chi connectivity index (χ3n) is 6.85. The van der Waals surface area contributed by atoms with Crippen LogP contribution in [0.15, 0.2) is 60.7 Å². The van der Waals surface area contributed by atoms with Crippen molar-refractivity contribution in [3.63, 3.8) is 0 Å². The van der Waals surface area contributed by atoms with Crippen LogP contribution in [0.2, 0.25) is 18.1 Å². The lowest BCUT2D eigenvalue weighted by molar-refractivity contribution is 0.0966. The summed E-state index contributed by atoms with van der Waals surface area (Å²) < 4.78 is 18.0. The predicted molar refractivity (Wildman–Crippen MR) is 136 cm³/mol. The smallest absolute Gasteiger partial charge is 0.407 e. The van der Waals surface area contributed by atoms with E-state index >= 15 is 0 Å². The van der Waals surface area contributed by atoms with Crippen LogP contribution in [0.25, 0.3) is 0 Å². The van der Waals surface area contributed by atoms with Crippen molar-refractivity contribution < 1.29 is 23.8 Å². The molecule has 4 atom stereocenters. The standard InChI is InChI=1S/C27H39NO5Si/c1-27(2,3)34(4,5)33-23(17-24-25(18-29)32-24)22(16-20-12-8-6-9-13-20)28-26(30)31-19-21-14-10-7-11-15-21/h6-15,22-25,29H,16-19H2,1-5H3,(H,28,30)/t22-,23-,24+,25+/m0/s1. The minimum Gasteiger partial charge on any atom is -0.445 e. The maximum absolute atomic E-state index is 12.9. The molecule has 1 heterocycles. The molecule has 1 fully saturated rings. The van der Waals surface area contributed by atoms with E-state index in [-0.39, 0.29) is 42.6 Å². The van der Waals surface area contributed by atoms with E-state index in [9.17, 15) is 9.90 Å². The van der Waals surface area contributed by atoms with Gasteiger partial charge in [-0.05, 0) is 35.7 Å². The van der Waals surface area contributed by atoms with Crippen LogP contribution in [-0.4, -0.2) is 50.5 Å². The molecule has 3 rings (SSSR count). The zero-order valence-electron chi connectivity index (χ0n) is 21.0. The average molecular weight is 486 g/mol. The van der Waals surface area contributed by atoms with Gasteiger partial charge in [0, 0.05) is 6.42 Å². The first kappa shape index (κ1) is 26.4. The van der Waals surface area contributed by atoms with Gasteiger partial charge in [-0.3, -0.25) is 0 Å². The highest BCUT2D eigenvalue weighted by Crippen LogP contribution is 2.39.